The first-order valence-electron chi connectivity index (χ1n) is 3.72. The van der Waals surface area contributed by atoms with Crippen LogP contribution in [0.4, 0.5) is 5.69 Å². The van der Waals surface area contributed by atoms with E-state index in [-0.39, 0.29) is 0 Å². The van der Waals surface area contributed by atoms with Gasteiger partial charge in [-0.25, -0.2) is 0 Å². The Balaban J connectivity index is 2.91. The van der Waals surface area contributed by atoms with E-state index < -0.39 is 0 Å². The fourth-order valence-electron chi connectivity index (χ4n) is 0.895. The SMILES string of the molecule is C=C(Br)CNc1c(Cl)cc(Br)cc1Cl. The van der Waals surface area contributed by atoms with E-state index in [1.54, 1.807) is 12.1 Å². The summed E-state index contributed by atoms with van der Waals surface area (Å²) in [6, 6.07) is 3.57. The van der Waals surface area contributed by atoms with Crippen LogP contribution in [0.15, 0.2) is 27.7 Å². The number of halogens is 4. The molecule has 0 fully saturated rings. The normalized spacial score (nSPS) is 10.0. The highest BCUT2D eigenvalue weighted by atomic mass is 79.9. The van der Waals surface area contributed by atoms with Gasteiger partial charge >= 0.3 is 0 Å². The second-order valence-electron chi connectivity index (χ2n) is 2.62. The van der Waals surface area contributed by atoms with E-state index in [1.165, 1.54) is 0 Å². The van der Waals surface area contributed by atoms with Crippen LogP contribution in [0.1, 0.15) is 0 Å². The summed E-state index contributed by atoms with van der Waals surface area (Å²) in [5, 5.41) is 4.24. The number of benzene rings is 1. The topological polar surface area (TPSA) is 12.0 Å². The molecule has 0 radical (unpaired) electrons. The maximum Gasteiger partial charge on any atom is 0.0722 e. The Bertz CT molecular complexity index is 343. The monoisotopic (exact) mass is 357 g/mol. The molecule has 0 heterocycles. The predicted molar refractivity (Wildman–Crippen MR) is 70.7 cm³/mol. The quantitative estimate of drug-likeness (QED) is 0.793. The summed E-state index contributed by atoms with van der Waals surface area (Å²) < 4.78 is 1.70. The van der Waals surface area contributed by atoms with E-state index in [1.807, 2.05) is 0 Å². The molecular formula is C9H7Br2Cl2N. The highest BCUT2D eigenvalue weighted by molar-refractivity contribution is 9.11. The van der Waals surface area contributed by atoms with Gasteiger partial charge in [0.05, 0.1) is 15.7 Å². The summed E-state index contributed by atoms with van der Waals surface area (Å²) in [5.41, 5.74) is 0.720. The maximum atomic E-state index is 6.00. The number of rotatable bonds is 3. The van der Waals surface area contributed by atoms with Crippen molar-refractivity contribution in [1.82, 2.24) is 0 Å². The molecule has 14 heavy (non-hydrogen) atoms. The van der Waals surface area contributed by atoms with Crippen LogP contribution in [0, 0.1) is 0 Å². The molecule has 0 aliphatic rings. The fraction of sp³-hybridized carbons (Fsp3) is 0.111. The molecule has 76 valence electrons. The second-order valence-corrected chi connectivity index (χ2v) is 5.47. The molecule has 0 atom stereocenters. The van der Waals surface area contributed by atoms with Crippen molar-refractivity contribution >= 4 is 60.7 Å². The molecule has 0 saturated heterocycles. The molecule has 0 aliphatic heterocycles. The molecular weight excluding hydrogens is 353 g/mol. The molecule has 0 bridgehead atoms. The van der Waals surface area contributed by atoms with Crippen LogP contribution in [-0.2, 0) is 0 Å². The van der Waals surface area contributed by atoms with Crippen molar-refractivity contribution in [3.8, 4) is 0 Å². The minimum absolute atomic E-state index is 0.582. The summed E-state index contributed by atoms with van der Waals surface area (Å²) in [7, 11) is 0. The lowest BCUT2D eigenvalue weighted by Gasteiger charge is -2.09. The summed E-state index contributed by atoms with van der Waals surface area (Å²) in [6.45, 7) is 4.29. The highest BCUT2D eigenvalue weighted by Crippen LogP contribution is 2.33. The molecule has 1 aromatic rings. The van der Waals surface area contributed by atoms with E-state index in [0.29, 0.717) is 16.6 Å². The summed E-state index contributed by atoms with van der Waals surface area (Å²) in [6.07, 6.45) is 0. The minimum atomic E-state index is 0.582. The third-order valence-electron chi connectivity index (χ3n) is 1.46. The molecule has 1 nitrogen and oxygen atoms in total. The summed E-state index contributed by atoms with van der Waals surface area (Å²) in [5.74, 6) is 0. The van der Waals surface area contributed by atoms with Crippen LogP contribution in [0.3, 0.4) is 0 Å². The van der Waals surface area contributed by atoms with E-state index in [2.05, 4.69) is 43.8 Å². The molecule has 1 rings (SSSR count). The van der Waals surface area contributed by atoms with Gasteiger partial charge in [-0.05, 0) is 12.1 Å². The Morgan fingerprint density at radius 2 is 1.86 bits per heavy atom. The molecule has 0 amide bonds. The molecule has 5 heteroatoms. The van der Waals surface area contributed by atoms with Gasteiger partial charge in [-0.2, -0.15) is 0 Å². The van der Waals surface area contributed by atoms with Crippen LogP contribution in [0.5, 0.6) is 0 Å². The molecule has 0 unspecified atom stereocenters. The molecule has 1 aromatic carbocycles. The van der Waals surface area contributed by atoms with Crippen molar-refractivity contribution in [1.29, 1.82) is 0 Å². The first-order valence-corrected chi connectivity index (χ1v) is 6.06. The van der Waals surface area contributed by atoms with E-state index >= 15 is 0 Å². The molecule has 0 aromatic heterocycles. The second kappa shape index (κ2) is 5.40. The largest absolute Gasteiger partial charge is 0.378 e. The van der Waals surface area contributed by atoms with Gasteiger partial charge < -0.3 is 5.32 Å². The first kappa shape index (κ1) is 12.4. The van der Waals surface area contributed by atoms with Gasteiger partial charge in [-0.15, -0.1) is 0 Å². The molecule has 1 N–H and O–H groups in total. The van der Waals surface area contributed by atoms with Crippen LogP contribution >= 0.6 is 55.1 Å². The number of hydrogen-bond donors (Lipinski definition) is 1. The third kappa shape index (κ3) is 3.46. The average Bonchev–Trinajstić information content (AvgIpc) is 2.01. The Morgan fingerprint density at radius 1 is 1.36 bits per heavy atom. The minimum Gasteiger partial charge on any atom is -0.378 e. The van der Waals surface area contributed by atoms with Crippen LogP contribution in [0.2, 0.25) is 10.0 Å². The maximum absolute atomic E-state index is 6.00. The van der Waals surface area contributed by atoms with Crippen molar-refractivity contribution in [3.63, 3.8) is 0 Å². The zero-order chi connectivity index (χ0) is 10.7. The van der Waals surface area contributed by atoms with E-state index in [0.717, 1.165) is 14.6 Å². The van der Waals surface area contributed by atoms with Crippen LogP contribution < -0.4 is 5.32 Å². The first-order chi connectivity index (χ1) is 6.50. The van der Waals surface area contributed by atoms with Crippen molar-refractivity contribution < 1.29 is 0 Å². The lowest BCUT2D eigenvalue weighted by Crippen LogP contribution is -2.01. The average molecular weight is 360 g/mol. The smallest absolute Gasteiger partial charge is 0.0722 e. The lowest BCUT2D eigenvalue weighted by atomic mass is 10.3. The standard InChI is InChI=1S/C9H7Br2Cl2N/c1-5(10)4-14-9-7(12)2-6(11)3-8(9)13/h2-3,14H,1,4H2. The molecule has 0 saturated carbocycles. The van der Waals surface area contributed by atoms with Gasteiger partial charge in [0.15, 0.2) is 0 Å². The van der Waals surface area contributed by atoms with Crippen molar-refractivity contribution in [3.05, 3.63) is 37.7 Å². The summed E-state index contributed by atoms with van der Waals surface area (Å²) >= 11 is 18.5. The van der Waals surface area contributed by atoms with Gasteiger partial charge in [0.25, 0.3) is 0 Å². The van der Waals surface area contributed by atoms with Gasteiger partial charge in [0, 0.05) is 15.5 Å². The van der Waals surface area contributed by atoms with Crippen molar-refractivity contribution in [2.45, 2.75) is 0 Å². The Kier molecular flexibility index (Phi) is 4.77. The van der Waals surface area contributed by atoms with Crippen LogP contribution in [-0.4, -0.2) is 6.54 Å². The van der Waals surface area contributed by atoms with Gasteiger partial charge in [-0.3, -0.25) is 0 Å². The van der Waals surface area contributed by atoms with Crippen LogP contribution in [0.25, 0.3) is 0 Å². The fourth-order valence-corrected chi connectivity index (χ4v) is 2.38. The lowest BCUT2D eigenvalue weighted by molar-refractivity contribution is 1.33. The predicted octanol–water partition coefficient (Wildman–Crippen LogP) is 5.08. The van der Waals surface area contributed by atoms with E-state index in [4.69, 9.17) is 23.2 Å². The van der Waals surface area contributed by atoms with Gasteiger partial charge in [0.1, 0.15) is 0 Å². The highest BCUT2D eigenvalue weighted by Gasteiger charge is 2.06. The summed E-state index contributed by atoms with van der Waals surface area (Å²) in [4.78, 5) is 0. The van der Waals surface area contributed by atoms with Crippen molar-refractivity contribution in [2.24, 2.45) is 0 Å². The molecule has 0 aliphatic carbocycles. The Labute approximate surface area is 110 Å². The third-order valence-corrected chi connectivity index (χ3v) is 2.80. The van der Waals surface area contributed by atoms with E-state index in [9.17, 15) is 0 Å². The van der Waals surface area contributed by atoms with Gasteiger partial charge in [0.2, 0.25) is 0 Å². The number of nitrogens with one attached hydrogen (secondary N) is 1. The Morgan fingerprint density at radius 3 is 2.29 bits per heavy atom. The zero-order valence-electron chi connectivity index (χ0n) is 7.08. The zero-order valence-corrected chi connectivity index (χ0v) is 11.8. The molecule has 0 spiro atoms. The number of anilines is 1. The Hall–Kier alpha value is 0.300. The van der Waals surface area contributed by atoms with Crippen molar-refractivity contribution in [2.75, 3.05) is 11.9 Å². The number of hydrogen-bond acceptors (Lipinski definition) is 1. The van der Waals surface area contributed by atoms with Gasteiger partial charge in [-0.1, -0.05) is 61.6 Å².